The predicted molar refractivity (Wildman–Crippen MR) is 168 cm³/mol. The lowest BCUT2D eigenvalue weighted by molar-refractivity contribution is 0.474. The lowest BCUT2D eigenvalue weighted by Gasteiger charge is -2.12. The van der Waals surface area contributed by atoms with E-state index in [9.17, 15) is 10.2 Å². The highest BCUT2D eigenvalue weighted by Crippen LogP contribution is 2.37. The van der Waals surface area contributed by atoms with Gasteiger partial charge in [-0.3, -0.25) is 0 Å². The Morgan fingerprint density at radius 2 is 0.950 bits per heavy atom. The first-order valence-corrected chi connectivity index (χ1v) is 14.0. The van der Waals surface area contributed by atoms with Gasteiger partial charge >= 0.3 is 0 Å². The molecule has 8 heteroatoms. The van der Waals surface area contributed by atoms with Gasteiger partial charge in [-0.25, -0.2) is 20.0 Å². The van der Waals surface area contributed by atoms with Gasteiger partial charge in [-0.05, 0) is 97.2 Å². The zero-order chi connectivity index (χ0) is 27.4. The van der Waals surface area contributed by atoms with Gasteiger partial charge in [0.05, 0.1) is 45.6 Å². The molecule has 0 unspecified atom stereocenters. The summed E-state index contributed by atoms with van der Waals surface area (Å²) >= 11 is 7.28. The molecule has 0 radical (unpaired) electrons. The number of nitrogens with zero attached hydrogens (tertiary/aromatic N) is 4. The van der Waals surface area contributed by atoms with Crippen molar-refractivity contribution >= 4 is 65.9 Å². The lowest BCUT2D eigenvalue weighted by atomic mass is 9.98. The summed E-state index contributed by atoms with van der Waals surface area (Å²) in [6, 6.07) is 10.3. The quantitative estimate of drug-likeness (QED) is 0.351. The summed E-state index contributed by atoms with van der Waals surface area (Å²) in [5.74, 6) is 0.309. The maximum atomic E-state index is 10.3. The molecule has 2 aromatic rings. The number of phenols is 2. The molecule has 0 amide bonds. The molecular formula is C32H18Br2N4O2. The molecule has 6 nitrogen and oxygen atoms in total. The summed E-state index contributed by atoms with van der Waals surface area (Å²) in [6.07, 6.45) is 19.4. The highest BCUT2D eigenvalue weighted by molar-refractivity contribution is 9.10. The average Bonchev–Trinajstić information content (AvgIpc) is 3.74. The zero-order valence-electron chi connectivity index (χ0n) is 20.7. The largest absolute Gasteiger partial charge is 0.508 e. The van der Waals surface area contributed by atoms with E-state index in [4.69, 9.17) is 20.0 Å². The standard InChI is InChI=1S/C32H18Br2N4O2/c33-25-7-5-21(39)15-23(25)31-27-9-1-17(35-27)13-18-2-10-29(36-18)32(24-16-22(40)6-8-26(24)34)30-12-4-20(38-30)14-19-3-11-28(31)37-19/h1-16,39-40H. The van der Waals surface area contributed by atoms with Gasteiger partial charge in [-0.1, -0.05) is 31.9 Å². The van der Waals surface area contributed by atoms with Gasteiger partial charge in [0.25, 0.3) is 0 Å². The topological polar surface area (TPSA) is 89.9 Å². The van der Waals surface area contributed by atoms with Crippen LogP contribution in [-0.2, 0) is 0 Å². The fourth-order valence-electron chi connectivity index (χ4n) is 4.92. The molecular weight excluding hydrogens is 632 g/mol. The number of aliphatic imine (C=N–C) groups is 4. The number of allylic oxidation sites excluding steroid dienone is 12. The fourth-order valence-corrected chi connectivity index (χ4v) is 5.81. The van der Waals surface area contributed by atoms with Crippen LogP contribution in [0.2, 0.25) is 0 Å². The van der Waals surface area contributed by atoms with Crippen LogP contribution in [0.3, 0.4) is 0 Å². The lowest BCUT2D eigenvalue weighted by Crippen LogP contribution is -2.01. The Bertz CT molecular complexity index is 1790. The van der Waals surface area contributed by atoms with Gasteiger partial charge in [-0.15, -0.1) is 0 Å². The van der Waals surface area contributed by atoms with E-state index >= 15 is 0 Å². The average molecular weight is 650 g/mol. The van der Waals surface area contributed by atoms with E-state index < -0.39 is 0 Å². The maximum absolute atomic E-state index is 10.3. The van der Waals surface area contributed by atoms with Crippen molar-refractivity contribution in [2.45, 2.75) is 0 Å². The second-order valence-corrected chi connectivity index (χ2v) is 11.1. The molecule has 0 aromatic heterocycles. The van der Waals surface area contributed by atoms with Gasteiger partial charge in [0.1, 0.15) is 11.5 Å². The molecule has 0 spiro atoms. The van der Waals surface area contributed by atoms with Crippen molar-refractivity contribution in [3.8, 4) is 11.5 Å². The third-order valence-electron chi connectivity index (χ3n) is 6.70. The third kappa shape index (κ3) is 4.45. The van der Waals surface area contributed by atoms with Crippen molar-refractivity contribution in [1.29, 1.82) is 0 Å². The highest BCUT2D eigenvalue weighted by atomic mass is 79.9. The Kier molecular flexibility index (Phi) is 5.95. The maximum Gasteiger partial charge on any atom is 0.116 e. The number of benzene rings is 2. The van der Waals surface area contributed by atoms with Crippen molar-refractivity contribution in [3.05, 3.63) is 140 Å². The summed E-state index contributed by atoms with van der Waals surface area (Å²) in [7, 11) is 0. The van der Waals surface area contributed by atoms with Crippen LogP contribution in [0.4, 0.5) is 0 Å². The number of hydrogen-bond acceptors (Lipinski definition) is 6. The molecule has 5 heterocycles. The Hall–Kier alpha value is -4.40. The molecule has 0 atom stereocenters. The van der Waals surface area contributed by atoms with Crippen molar-refractivity contribution in [1.82, 2.24) is 0 Å². The van der Waals surface area contributed by atoms with Crippen LogP contribution in [0.5, 0.6) is 11.5 Å². The molecule has 5 aliphatic heterocycles. The summed E-state index contributed by atoms with van der Waals surface area (Å²) < 4.78 is 1.64. The van der Waals surface area contributed by atoms with Crippen LogP contribution in [-0.4, -0.2) is 33.1 Å². The van der Waals surface area contributed by atoms with E-state index in [0.29, 0.717) is 0 Å². The van der Waals surface area contributed by atoms with Crippen LogP contribution >= 0.6 is 31.9 Å². The molecule has 5 aliphatic rings. The van der Waals surface area contributed by atoms with Crippen molar-refractivity contribution in [2.24, 2.45) is 20.0 Å². The van der Waals surface area contributed by atoms with Crippen LogP contribution in [0.25, 0.3) is 11.1 Å². The molecule has 2 N–H and O–H groups in total. The number of rotatable bonds is 2. The van der Waals surface area contributed by atoms with Crippen LogP contribution in [0.15, 0.2) is 149 Å². The van der Waals surface area contributed by atoms with E-state index in [-0.39, 0.29) is 11.5 Å². The number of aromatic hydroxyl groups is 2. The first-order chi connectivity index (χ1) is 19.4. The molecule has 0 saturated heterocycles. The van der Waals surface area contributed by atoms with E-state index in [0.717, 1.165) is 76.9 Å². The summed E-state index contributed by atoms with van der Waals surface area (Å²) in [5.41, 5.74) is 9.05. The van der Waals surface area contributed by atoms with Crippen LogP contribution < -0.4 is 0 Å². The number of phenolic OH excluding ortho intramolecular Hbond substituents is 2. The monoisotopic (exact) mass is 648 g/mol. The van der Waals surface area contributed by atoms with Gasteiger partial charge < -0.3 is 10.2 Å². The summed E-state index contributed by atoms with van der Waals surface area (Å²) in [6.45, 7) is 0. The summed E-state index contributed by atoms with van der Waals surface area (Å²) in [4.78, 5) is 19.6. The minimum atomic E-state index is 0.155. The SMILES string of the molecule is Oc1ccc(Br)c(C2=C3C=CC(=N3)C=C3C=CC(=N3)C(c3cc(O)ccc3Br)=C3C=CC(=N3)C=C3C=CC2=N3)c1. The van der Waals surface area contributed by atoms with E-state index in [1.807, 2.05) is 72.9 Å². The van der Waals surface area contributed by atoms with E-state index in [2.05, 4.69) is 31.9 Å². The minimum absolute atomic E-state index is 0.155. The van der Waals surface area contributed by atoms with Crippen molar-refractivity contribution in [3.63, 3.8) is 0 Å². The molecule has 0 aliphatic carbocycles. The van der Waals surface area contributed by atoms with Gasteiger partial charge in [0.2, 0.25) is 0 Å². The number of hydrogen-bond donors (Lipinski definition) is 2. The normalized spacial score (nSPS) is 18.8. The molecule has 0 saturated carbocycles. The molecule has 40 heavy (non-hydrogen) atoms. The van der Waals surface area contributed by atoms with E-state index in [1.165, 1.54) is 0 Å². The van der Waals surface area contributed by atoms with Crippen LogP contribution in [0, 0.1) is 0 Å². The van der Waals surface area contributed by atoms with Crippen LogP contribution in [0.1, 0.15) is 11.1 Å². The molecule has 0 fully saturated rings. The Balaban J connectivity index is 1.46. The van der Waals surface area contributed by atoms with Crippen molar-refractivity contribution < 1.29 is 10.2 Å². The number of halogens is 2. The molecule has 7 rings (SSSR count). The zero-order valence-corrected chi connectivity index (χ0v) is 23.8. The predicted octanol–water partition coefficient (Wildman–Crippen LogP) is 7.57. The second-order valence-electron chi connectivity index (χ2n) is 9.39. The fraction of sp³-hybridized carbons (Fsp3) is 0. The Labute approximate surface area is 246 Å². The van der Waals surface area contributed by atoms with Gasteiger partial charge in [0, 0.05) is 31.2 Å². The van der Waals surface area contributed by atoms with Crippen molar-refractivity contribution in [2.75, 3.05) is 0 Å². The first kappa shape index (κ1) is 24.6. The molecule has 192 valence electrons. The highest BCUT2D eigenvalue weighted by Gasteiger charge is 2.24. The first-order valence-electron chi connectivity index (χ1n) is 12.4. The van der Waals surface area contributed by atoms with Gasteiger partial charge in [-0.2, -0.15) is 0 Å². The molecule has 8 bridgehead atoms. The minimum Gasteiger partial charge on any atom is -0.508 e. The Morgan fingerprint density at radius 1 is 0.500 bits per heavy atom. The second kappa shape index (κ2) is 9.66. The van der Waals surface area contributed by atoms with Gasteiger partial charge in [0.15, 0.2) is 0 Å². The third-order valence-corrected chi connectivity index (χ3v) is 8.08. The smallest absolute Gasteiger partial charge is 0.116 e. The van der Waals surface area contributed by atoms with E-state index in [1.54, 1.807) is 24.3 Å². The summed E-state index contributed by atoms with van der Waals surface area (Å²) in [5, 5.41) is 20.6. The molecule has 2 aromatic carbocycles. The number of fused-ring (bicyclic) bond motifs is 4. The Morgan fingerprint density at radius 3 is 1.40 bits per heavy atom.